The highest BCUT2D eigenvalue weighted by Crippen LogP contribution is 2.18. The highest BCUT2D eigenvalue weighted by molar-refractivity contribution is 5.88. The number of amides is 2. The molecular formula is C31H37FN2O2. The highest BCUT2D eigenvalue weighted by Gasteiger charge is 2.32. The van der Waals surface area contributed by atoms with Crippen LogP contribution in [0.5, 0.6) is 0 Å². The van der Waals surface area contributed by atoms with Crippen molar-refractivity contribution in [1.29, 1.82) is 0 Å². The Kier molecular flexibility index (Phi) is 9.40. The Balaban J connectivity index is 1.90. The van der Waals surface area contributed by atoms with Crippen LogP contribution in [0.25, 0.3) is 0 Å². The maximum atomic E-state index is 13.7. The third-order valence-corrected chi connectivity index (χ3v) is 6.09. The number of aryl methyl sites for hydroxylation is 2. The van der Waals surface area contributed by atoms with Crippen LogP contribution in [-0.4, -0.2) is 28.3 Å². The largest absolute Gasteiger partial charge is 0.350 e. The van der Waals surface area contributed by atoms with Crippen LogP contribution in [0.15, 0.2) is 78.9 Å². The van der Waals surface area contributed by atoms with Crippen LogP contribution in [-0.2, 0) is 35.4 Å². The first-order valence-electron chi connectivity index (χ1n) is 12.6. The van der Waals surface area contributed by atoms with E-state index in [0.29, 0.717) is 12.8 Å². The van der Waals surface area contributed by atoms with Crippen molar-refractivity contribution in [2.45, 2.75) is 71.5 Å². The van der Waals surface area contributed by atoms with E-state index in [1.165, 1.54) is 17.7 Å². The van der Waals surface area contributed by atoms with Crippen LogP contribution in [0.3, 0.4) is 0 Å². The third-order valence-electron chi connectivity index (χ3n) is 6.09. The monoisotopic (exact) mass is 488 g/mol. The summed E-state index contributed by atoms with van der Waals surface area (Å²) in [6.07, 6.45) is 2.22. The Bertz CT molecular complexity index is 1120. The van der Waals surface area contributed by atoms with E-state index >= 15 is 0 Å². The molecule has 3 rings (SSSR count). The van der Waals surface area contributed by atoms with E-state index in [2.05, 4.69) is 36.5 Å². The summed E-state index contributed by atoms with van der Waals surface area (Å²) in [4.78, 5) is 28.9. The molecule has 190 valence electrons. The summed E-state index contributed by atoms with van der Waals surface area (Å²) in [5.41, 5.74) is 3.64. The number of halogens is 1. The van der Waals surface area contributed by atoms with Crippen LogP contribution in [0, 0.1) is 5.82 Å². The number of carbonyl (C=O) groups excluding carboxylic acids is 2. The molecule has 0 aromatic heterocycles. The zero-order chi connectivity index (χ0) is 26.1. The average Bonchev–Trinajstić information content (AvgIpc) is 2.85. The molecule has 0 bridgehead atoms. The summed E-state index contributed by atoms with van der Waals surface area (Å²) in [7, 11) is 0. The van der Waals surface area contributed by atoms with Gasteiger partial charge in [-0.05, 0) is 68.0 Å². The molecule has 1 unspecified atom stereocenters. The molecule has 1 atom stereocenters. The van der Waals surface area contributed by atoms with Gasteiger partial charge in [-0.2, -0.15) is 0 Å². The maximum Gasteiger partial charge on any atom is 0.243 e. The Hall–Kier alpha value is -3.47. The zero-order valence-electron chi connectivity index (χ0n) is 21.8. The Morgan fingerprint density at radius 2 is 1.42 bits per heavy atom. The second-order valence-electron chi connectivity index (χ2n) is 10.3. The van der Waals surface area contributed by atoms with Gasteiger partial charge in [0.1, 0.15) is 11.9 Å². The summed E-state index contributed by atoms with van der Waals surface area (Å²) in [6, 6.07) is 23.4. The van der Waals surface area contributed by atoms with Gasteiger partial charge in [0, 0.05) is 24.9 Å². The van der Waals surface area contributed by atoms with Gasteiger partial charge >= 0.3 is 0 Å². The van der Waals surface area contributed by atoms with Crippen molar-refractivity contribution >= 4 is 11.8 Å². The molecule has 3 aromatic rings. The van der Waals surface area contributed by atoms with E-state index in [4.69, 9.17) is 0 Å². The molecule has 0 radical (unpaired) electrons. The molecule has 0 aliphatic heterocycles. The van der Waals surface area contributed by atoms with Crippen molar-refractivity contribution in [3.8, 4) is 0 Å². The fourth-order valence-corrected chi connectivity index (χ4v) is 4.13. The molecule has 0 aliphatic rings. The van der Waals surface area contributed by atoms with Gasteiger partial charge in [-0.25, -0.2) is 4.39 Å². The number of nitrogens with one attached hydrogen (secondary N) is 1. The van der Waals surface area contributed by atoms with Gasteiger partial charge in [-0.1, -0.05) is 73.7 Å². The minimum atomic E-state index is -0.702. The molecule has 0 aliphatic carbocycles. The fraction of sp³-hybridized carbons (Fsp3) is 0.355. The molecule has 0 heterocycles. The van der Waals surface area contributed by atoms with Crippen LogP contribution in [0.1, 0.15) is 56.4 Å². The van der Waals surface area contributed by atoms with Crippen LogP contribution < -0.4 is 5.32 Å². The lowest BCUT2D eigenvalue weighted by Gasteiger charge is -2.34. The van der Waals surface area contributed by atoms with Gasteiger partial charge in [0.2, 0.25) is 11.8 Å². The van der Waals surface area contributed by atoms with Crippen molar-refractivity contribution in [1.82, 2.24) is 10.2 Å². The second kappa shape index (κ2) is 12.5. The number of nitrogens with zero attached hydrogens (tertiary/aromatic N) is 1. The van der Waals surface area contributed by atoms with Crippen molar-refractivity contribution in [2.24, 2.45) is 0 Å². The summed E-state index contributed by atoms with van der Waals surface area (Å²) < 4.78 is 13.6. The number of hydrogen-bond donors (Lipinski definition) is 1. The Labute approximate surface area is 214 Å². The van der Waals surface area contributed by atoms with E-state index in [9.17, 15) is 14.0 Å². The Morgan fingerprint density at radius 3 is 2.00 bits per heavy atom. The molecule has 5 heteroatoms. The average molecular weight is 489 g/mol. The molecule has 4 nitrogen and oxygen atoms in total. The minimum Gasteiger partial charge on any atom is -0.350 e. The number of hydrogen-bond acceptors (Lipinski definition) is 2. The van der Waals surface area contributed by atoms with E-state index in [0.717, 1.165) is 23.1 Å². The maximum absolute atomic E-state index is 13.7. The van der Waals surface area contributed by atoms with Gasteiger partial charge < -0.3 is 10.2 Å². The fourth-order valence-electron chi connectivity index (χ4n) is 4.13. The van der Waals surface area contributed by atoms with Gasteiger partial charge in [0.15, 0.2) is 0 Å². The van der Waals surface area contributed by atoms with E-state index < -0.39 is 11.6 Å². The molecular weight excluding hydrogens is 451 g/mol. The molecule has 0 saturated carbocycles. The molecule has 3 aromatic carbocycles. The van der Waals surface area contributed by atoms with E-state index in [-0.39, 0.29) is 30.6 Å². The molecule has 36 heavy (non-hydrogen) atoms. The van der Waals surface area contributed by atoms with Crippen molar-refractivity contribution in [3.63, 3.8) is 0 Å². The standard InChI is InChI=1S/C31H37FN2O2/c1-5-23-11-13-24(14-12-23)17-20-29(35)34(22-26-15-18-27(32)19-16-26)28(30(36)33-31(2,3)4)21-25-9-7-6-8-10-25/h6-16,18-19,28H,5,17,20-22H2,1-4H3,(H,33,36). The predicted molar refractivity (Wildman–Crippen MR) is 143 cm³/mol. The Morgan fingerprint density at radius 1 is 0.833 bits per heavy atom. The van der Waals surface area contributed by atoms with Gasteiger partial charge in [-0.3, -0.25) is 9.59 Å². The first-order valence-corrected chi connectivity index (χ1v) is 12.6. The summed E-state index contributed by atoms with van der Waals surface area (Å²) >= 11 is 0. The second-order valence-corrected chi connectivity index (χ2v) is 10.3. The first kappa shape index (κ1) is 27.1. The van der Waals surface area contributed by atoms with Gasteiger partial charge in [-0.15, -0.1) is 0 Å². The smallest absolute Gasteiger partial charge is 0.243 e. The van der Waals surface area contributed by atoms with Gasteiger partial charge in [0.25, 0.3) is 0 Å². The first-order chi connectivity index (χ1) is 17.1. The topological polar surface area (TPSA) is 49.4 Å². The van der Waals surface area contributed by atoms with Crippen LogP contribution in [0.4, 0.5) is 4.39 Å². The summed E-state index contributed by atoms with van der Waals surface area (Å²) in [5.74, 6) is -0.642. The molecule has 0 fully saturated rings. The molecule has 2 amide bonds. The lowest BCUT2D eigenvalue weighted by molar-refractivity contribution is -0.141. The van der Waals surface area contributed by atoms with E-state index in [1.54, 1.807) is 17.0 Å². The minimum absolute atomic E-state index is 0.108. The molecule has 0 spiro atoms. The zero-order valence-corrected chi connectivity index (χ0v) is 21.8. The van der Waals surface area contributed by atoms with Crippen molar-refractivity contribution in [2.75, 3.05) is 0 Å². The summed E-state index contributed by atoms with van der Waals surface area (Å²) in [6.45, 7) is 8.12. The van der Waals surface area contributed by atoms with Crippen LogP contribution >= 0.6 is 0 Å². The highest BCUT2D eigenvalue weighted by atomic mass is 19.1. The van der Waals surface area contributed by atoms with E-state index in [1.807, 2.05) is 51.1 Å². The lowest BCUT2D eigenvalue weighted by Crippen LogP contribution is -2.54. The SMILES string of the molecule is CCc1ccc(CCC(=O)N(Cc2ccc(F)cc2)C(Cc2ccccc2)C(=O)NC(C)(C)C)cc1. The number of benzene rings is 3. The predicted octanol–water partition coefficient (Wildman–Crippen LogP) is 5.88. The lowest BCUT2D eigenvalue weighted by atomic mass is 9.99. The van der Waals surface area contributed by atoms with Crippen LogP contribution in [0.2, 0.25) is 0 Å². The quantitative estimate of drug-likeness (QED) is 0.388. The number of carbonyl (C=O) groups is 2. The van der Waals surface area contributed by atoms with Crippen molar-refractivity contribution in [3.05, 3.63) is 107 Å². The number of rotatable bonds is 10. The molecule has 0 saturated heterocycles. The van der Waals surface area contributed by atoms with Gasteiger partial charge in [0.05, 0.1) is 0 Å². The van der Waals surface area contributed by atoms with Crippen molar-refractivity contribution < 1.29 is 14.0 Å². The molecule has 1 N–H and O–H groups in total. The third kappa shape index (κ3) is 8.33. The normalized spacial score (nSPS) is 12.1. The summed E-state index contributed by atoms with van der Waals surface area (Å²) in [5, 5.41) is 3.06.